The normalized spacial score (nSPS) is 12.3. The van der Waals surface area contributed by atoms with Crippen LogP contribution in [0.5, 0.6) is 0 Å². The monoisotopic (exact) mass is 404 g/mol. The number of benzene rings is 1. The van der Waals surface area contributed by atoms with Crippen LogP contribution in [0.2, 0.25) is 15.3 Å². The van der Waals surface area contributed by atoms with Gasteiger partial charge in [0.25, 0.3) is 10.0 Å². The molecule has 0 aliphatic carbocycles. The van der Waals surface area contributed by atoms with Crippen LogP contribution in [-0.2, 0) is 16.2 Å². The van der Waals surface area contributed by atoms with Crippen molar-refractivity contribution >= 4 is 50.5 Å². The van der Waals surface area contributed by atoms with E-state index in [2.05, 4.69) is 4.98 Å². The van der Waals surface area contributed by atoms with Gasteiger partial charge in [0.1, 0.15) is 10.0 Å². The summed E-state index contributed by atoms with van der Waals surface area (Å²) >= 11 is 16.7. The predicted octanol–water partition coefficient (Wildman–Crippen LogP) is 4.86. The van der Waals surface area contributed by atoms with Crippen LogP contribution < -0.4 is 4.72 Å². The predicted molar refractivity (Wildman–Crippen MR) is 81.5 cm³/mol. The van der Waals surface area contributed by atoms with Gasteiger partial charge in [0, 0.05) is 5.69 Å². The second-order valence-electron chi connectivity index (χ2n) is 4.22. The van der Waals surface area contributed by atoms with Crippen molar-refractivity contribution in [3.63, 3.8) is 0 Å². The second-order valence-corrected chi connectivity index (χ2v) is 7.02. The van der Waals surface area contributed by atoms with Crippen LogP contribution in [0.3, 0.4) is 0 Å². The van der Waals surface area contributed by atoms with E-state index in [4.69, 9.17) is 34.8 Å². The Labute approximate surface area is 144 Å². The van der Waals surface area contributed by atoms with Crippen molar-refractivity contribution in [2.45, 2.75) is 11.1 Å². The van der Waals surface area contributed by atoms with Gasteiger partial charge in [-0.25, -0.2) is 13.4 Å². The van der Waals surface area contributed by atoms with E-state index in [-0.39, 0.29) is 10.8 Å². The van der Waals surface area contributed by atoms with Crippen molar-refractivity contribution in [1.82, 2.24) is 4.98 Å². The molecule has 2 rings (SSSR count). The molecule has 0 spiro atoms. The number of aromatic nitrogens is 1. The van der Waals surface area contributed by atoms with Crippen molar-refractivity contribution in [1.29, 1.82) is 0 Å². The average molecular weight is 406 g/mol. The van der Waals surface area contributed by atoms with Crippen molar-refractivity contribution in [3.8, 4) is 0 Å². The van der Waals surface area contributed by atoms with Gasteiger partial charge in [-0.3, -0.25) is 4.72 Å². The summed E-state index contributed by atoms with van der Waals surface area (Å²) in [6.45, 7) is 0. The summed E-state index contributed by atoms with van der Waals surface area (Å²) in [5.74, 6) is 0. The van der Waals surface area contributed by atoms with E-state index in [1.165, 1.54) is 6.07 Å². The molecular formula is C12H6Cl3F3N2O2S. The van der Waals surface area contributed by atoms with Gasteiger partial charge in [0.2, 0.25) is 0 Å². The maximum Gasteiger partial charge on any atom is 0.417 e. The smallest absolute Gasteiger partial charge is 0.280 e. The lowest BCUT2D eigenvalue weighted by atomic mass is 10.2. The highest BCUT2D eigenvalue weighted by Gasteiger charge is 2.33. The third-order valence-electron chi connectivity index (χ3n) is 2.59. The molecule has 0 unspecified atom stereocenters. The molecule has 0 amide bonds. The summed E-state index contributed by atoms with van der Waals surface area (Å²) in [7, 11) is -4.25. The van der Waals surface area contributed by atoms with E-state index >= 15 is 0 Å². The van der Waals surface area contributed by atoms with Crippen LogP contribution in [0.25, 0.3) is 0 Å². The fraction of sp³-hybridized carbons (Fsp3) is 0.0833. The Hall–Kier alpha value is -1.22. The average Bonchev–Trinajstić information content (AvgIpc) is 2.39. The standard InChI is InChI=1S/C12H6Cl3F3N2O2S/c13-8-2-1-6(5-7(8)12(16,17)18)20-23(21,22)9-3-4-10(14)19-11(9)15/h1-5,20H. The minimum Gasteiger partial charge on any atom is -0.280 e. The number of alkyl halides is 3. The zero-order valence-electron chi connectivity index (χ0n) is 10.8. The minimum absolute atomic E-state index is 0.0280. The third-order valence-corrected chi connectivity index (χ3v) is 4.95. The fourth-order valence-corrected chi connectivity index (χ4v) is 3.55. The van der Waals surface area contributed by atoms with Crippen LogP contribution in [0.15, 0.2) is 35.2 Å². The minimum atomic E-state index is -4.72. The van der Waals surface area contributed by atoms with Crippen molar-refractivity contribution in [2.24, 2.45) is 0 Å². The van der Waals surface area contributed by atoms with Gasteiger partial charge >= 0.3 is 6.18 Å². The maximum atomic E-state index is 12.8. The first kappa shape index (κ1) is 18.1. The SMILES string of the molecule is O=S(=O)(Nc1ccc(Cl)c(C(F)(F)F)c1)c1ccc(Cl)nc1Cl. The molecule has 1 aromatic heterocycles. The first-order chi connectivity index (χ1) is 10.5. The van der Waals surface area contributed by atoms with Gasteiger partial charge in [-0.05, 0) is 30.3 Å². The summed E-state index contributed by atoms with van der Waals surface area (Å²) in [5, 5.41) is -0.985. The van der Waals surface area contributed by atoms with Gasteiger partial charge in [0.15, 0.2) is 5.15 Å². The highest BCUT2D eigenvalue weighted by molar-refractivity contribution is 7.92. The largest absolute Gasteiger partial charge is 0.417 e. The van der Waals surface area contributed by atoms with E-state index in [1.807, 2.05) is 4.72 Å². The Kier molecular flexibility index (Phi) is 5.00. The lowest BCUT2D eigenvalue weighted by molar-refractivity contribution is -0.137. The van der Waals surface area contributed by atoms with Crippen molar-refractivity contribution in [3.05, 3.63) is 51.2 Å². The number of nitrogens with one attached hydrogen (secondary N) is 1. The number of hydrogen-bond acceptors (Lipinski definition) is 3. The Balaban J connectivity index is 2.42. The Morgan fingerprint density at radius 1 is 1.04 bits per heavy atom. The van der Waals surface area contributed by atoms with Crippen molar-refractivity contribution in [2.75, 3.05) is 4.72 Å². The number of sulfonamides is 1. The topological polar surface area (TPSA) is 59.1 Å². The lowest BCUT2D eigenvalue weighted by Crippen LogP contribution is -2.15. The molecule has 1 heterocycles. The van der Waals surface area contributed by atoms with Gasteiger partial charge < -0.3 is 0 Å². The first-order valence-electron chi connectivity index (χ1n) is 5.72. The summed E-state index contributed by atoms with van der Waals surface area (Å²) < 4.78 is 64.7. The van der Waals surface area contributed by atoms with E-state index in [1.54, 1.807) is 0 Å². The Morgan fingerprint density at radius 3 is 2.26 bits per heavy atom. The Bertz CT molecular complexity index is 857. The van der Waals surface area contributed by atoms with Crippen LogP contribution in [0.1, 0.15) is 5.56 Å². The van der Waals surface area contributed by atoms with Gasteiger partial charge in [-0.1, -0.05) is 34.8 Å². The number of nitrogens with zero attached hydrogens (tertiary/aromatic N) is 1. The molecular weight excluding hydrogens is 400 g/mol. The van der Waals surface area contributed by atoms with Gasteiger partial charge in [0.05, 0.1) is 10.6 Å². The number of halogens is 6. The number of rotatable bonds is 3. The molecule has 1 aromatic carbocycles. The summed E-state index contributed by atoms with van der Waals surface area (Å²) in [6, 6.07) is 4.87. The van der Waals surface area contributed by atoms with Crippen molar-refractivity contribution < 1.29 is 21.6 Å². The highest BCUT2D eigenvalue weighted by atomic mass is 35.5. The summed E-state index contributed by atoms with van der Waals surface area (Å²) in [4.78, 5) is 3.14. The molecule has 1 N–H and O–H groups in total. The van der Waals surface area contributed by atoms with Crippen LogP contribution in [0.4, 0.5) is 18.9 Å². The molecule has 2 aromatic rings. The summed E-state index contributed by atoms with van der Waals surface area (Å²) in [6.07, 6.45) is -4.72. The van der Waals surface area contributed by atoms with Crippen LogP contribution >= 0.6 is 34.8 Å². The van der Waals surface area contributed by atoms with E-state index in [9.17, 15) is 21.6 Å². The first-order valence-corrected chi connectivity index (χ1v) is 8.34. The van der Waals surface area contributed by atoms with Crippen LogP contribution in [0, 0.1) is 0 Å². The van der Waals surface area contributed by atoms with Gasteiger partial charge in [-0.2, -0.15) is 13.2 Å². The van der Waals surface area contributed by atoms with Gasteiger partial charge in [-0.15, -0.1) is 0 Å². The molecule has 0 bridgehead atoms. The third kappa shape index (κ3) is 4.20. The lowest BCUT2D eigenvalue weighted by Gasteiger charge is -2.13. The maximum absolute atomic E-state index is 12.8. The quantitative estimate of drug-likeness (QED) is 0.742. The molecule has 0 aliphatic rings. The number of pyridine rings is 1. The van der Waals surface area contributed by atoms with E-state index in [0.29, 0.717) is 6.07 Å². The second kappa shape index (κ2) is 6.35. The summed E-state index contributed by atoms with van der Waals surface area (Å²) in [5.41, 5.74) is -1.49. The Morgan fingerprint density at radius 2 is 1.70 bits per heavy atom. The number of hydrogen-bond donors (Lipinski definition) is 1. The van der Waals surface area contributed by atoms with E-state index < -0.39 is 36.8 Å². The molecule has 0 fully saturated rings. The molecule has 23 heavy (non-hydrogen) atoms. The fourth-order valence-electron chi connectivity index (χ4n) is 1.62. The number of anilines is 1. The molecule has 0 atom stereocenters. The molecule has 0 saturated heterocycles. The molecule has 11 heteroatoms. The molecule has 0 aliphatic heterocycles. The molecule has 4 nitrogen and oxygen atoms in total. The zero-order chi connectivity index (χ0) is 17.4. The molecule has 0 saturated carbocycles. The molecule has 0 radical (unpaired) electrons. The molecule has 124 valence electrons. The van der Waals surface area contributed by atoms with E-state index in [0.717, 1.165) is 18.2 Å². The highest BCUT2D eigenvalue weighted by Crippen LogP contribution is 2.36. The zero-order valence-corrected chi connectivity index (χ0v) is 13.9. The van der Waals surface area contributed by atoms with Crippen LogP contribution in [-0.4, -0.2) is 13.4 Å².